The van der Waals surface area contributed by atoms with Crippen LogP contribution in [-0.4, -0.2) is 23.6 Å². The van der Waals surface area contributed by atoms with E-state index >= 15 is 0 Å². The predicted octanol–water partition coefficient (Wildman–Crippen LogP) is 1.38. The second-order valence-electron chi connectivity index (χ2n) is 2.87. The molecule has 0 aliphatic heterocycles. The maximum Gasteiger partial charge on any atom is 0.267 e. The van der Waals surface area contributed by atoms with Gasteiger partial charge in [-0.15, -0.1) is 12.4 Å². The highest BCUT2D eigenvalue weighted by atomic mass is 79.9. The molecule has 0 aliphatic carbocycles. The van der Waals surface area contributed by atoms with Crippen molar-refractivity contribution in [3.63, 3.8) is 0 Å². The third-order valence-corrected chi connectivity index (χ3v) is 2.30. The summed E-state index contributed by atoms with van der Waals surface area (Å²) in [7, 11) is 0. The number of hydrogen-bond acceptors (Lipinski definition) is 2. The first-order chi connectivity index (χ1) is 6.69. The quantitative estimate of drug-likeness (QED) is 0.882. The van der Waals surface area contributed by atoms with Gasteiger partial charge >= 0.3 is 0 Å². The number of nitrogens with two attached hydrogens (primary N) is 1. The maximum atomic E-state index is 11.6. The Kier molecular flexibility index (Phi) is 6.63. The zero-order valence-corrected chi connectivity index (χ0v) is 10.9. The van der Waals surface area contributed by atoms with E-state index in [1.807, 2.05) is 17.7 Å². The number of halogens is 2. The van der Waals surface area contributed by atoms with Gasteiger partial charge in [-0.1, -0.05) is 0 Å². The van der Waals surface area contributed by atoms with Gasteiger partial charge in [0.1, 0.15) is 5.69 Å². The smallest absolute Gasteiger partial charge is 0.267 e. The maximum absolute atomic E-state index is 11.6. The second kappa shape index (κ2) is 6.87. The number of nitrogens with zero attached hydrogens (tertiary/aromatic N) is 1. The molecule has 0 aliphatic rings. The average Bonchev–Trinajstić information content (AvgIpc) is 2.56. The molecule has 0 saturated carbocycles. The monoisotopic (exact) mass is 295 g/mol. The zero-order chi connectivity index (χ0) is 10.6. The fourth-order valence-corrected chi connectivity index (χ4v) is 1.67. The van der Waals surface area contributed by atoms with Gasteiger partial charge in [-0.2, -0.15) is 0 Å². The molecule has 0 bridgehead atoms. The summed E-state index contributed by atoms with van der Waals surface area (Å²) in [5, 5.41) is 2.73. The largest absolute Gasteiger partial charge is 0.349 e. The molecule has 1 aromatic heterocycles. The lowest BCUT2D eigenvalue weighted by molar-refractivity contribution is 0.0945. The lowest BCUT2D eigenvalue weighted by Gasteiger charge is -2.06. The Hall–Kier alpha value is -0.520. The van der Waals surface area contributed by atoms with E-state index in [2.05, 4.69) is 21.2 Å². The van der Waals surface area contributed by atoms with E-state index in [1.54, 1.807) is 6.07 Å². The number of carbonyl (C=O) groups is 1. The highest BCUT2D eigenvalue weighted by Gasteiger charge is 2.10. The molecule has 86 valence electrons. The molecule has 1 heterocycles. The summed E-state index contributed by atoms with van der Waals surface area (Å²) in [6, 6.07) is 1.80. The van der Waals surface area contributed by atoms with Crippen molar-refractivity contribution in [1.82, 2.24) is 9.88 Å². The Morgan fingerprint density at radius 1 is 1.67 bits per heavy atom. The van der Waals surface area contributed by atoms with E-state index in [1.165, 1.54) is 0 Å². The van der Waals surface area contributed by atoms with Crippen LogP contribution in [0.4, 0.5) is 0 Å². The molecule has 0 aromatic carbocycles. The molecule has 4 nitrogen and oxygen atoms in total. The number of aryl methyl sites for hydroxylation is 1. The first-order valence-corrected chi connectivity index (χ1v) is 5.32. The molecule has 1 amide bonds. The standard InChI is InChI=1S/C9H14BrN3O.ClH/c1-2-13-6-7(10)5-8(13)9(14)12-4-3-11;/h5-6H,2-4,11H2,1H3,(H,12,14);1H. The van der Waals surface area contributed by atoms with Crippen molar-refractivity contribution in [3.8, 4) is 0 Å². The van der Waals surface area contributed by atoms with E-state index in [0.717, 1.165) is 11.0 Å². The van der Waals surface area contributed by atoms with Crippen LogP contribution in [0.15, 0.2) is 16.7 Å². The Morgan fingerprint density at radius 2 is 2.33 bits per heavy atom. The second-order valence-corrected chi connectivity index (χ2v) is 3.79. The van der Waals surface area contributed by atoms with Crippen LogP contribution in [0, 0.1) is 0 Å². The molecule has 6 heteroatoms. The van der Waals surface area contributed by atoms with Crippen molar-refractivity contribution >= 4 is 34.2 Å². The van der Waals surface area contributed by atoms with Gasteiger partial charge in [0.2, 0.25) is 0 Å². The van der Waals surface area contributed by atoms with E-state index in [0.29, 0.717) is 18.8 Å². The van der Waals surface area contributed by atoms with E-state index in [9.17, 15) is 4.79 Å². The van der Waals surface area contributed by atoms with Crippen molar-refractivity contribution in [2.24, 2.45) is 5.73 Å². The minimum Gasteiger partial charge on any atom is -0.349 e. The molecule has 15 heavy (non-hydrogen) atoms. The average molecular weight is 297 g/mol. The van der Waals surface area contributed by atoms with Crippen LogP contribution in [0.5, 0.6) is 0 Å². The van der Waals surface area contributed by atoms with Crippen LogP contribution < -0.4 is 11.1 Å². The van der Waals surface area contributed by atoms with Gasteiger partial charge in [-0.05, 0) is 28.9 Å². The van der Waals surface area contributed by atoms with Crippen molar-refractivity contribution < 1.29 is 4.79 Å². The van der Waals surface area contributed by atoms with Crippen LogP contribution in [0.3, 0.4) is 0 Å². The minimum atomic E-state index is -0.0806. The third kappa shape index (κ3) is 3.85. The highest BCUT2D eigenvalue weighted by molar-refractivity contribution is 9.10. The lowest BCUT2D eigenvalue weighted by Crippen LogP contribution is -2.30. The van der Waals surface area contributed by atoms with Crippen LogP contribution in [0.25, 0.3) is 0 Å². The van der Waals surface area contributed by atoms with Gasteiger partial charge in [0, 0.05) is 30.3 Å². The summed E-state index contributed by atoms with van der Waals surface area (Å²) in [4.78, 5) is 11.6. The molecule has 0 saturated heterocycles. The van der Waals surface area contributed by atoms with Gasteiger partial charge in [0.15, 0.2) is 0 Å². The molecule has 0 fully saturated rings. The summed E-state index contributed by atoms with van der Waals surface area (Å²) in [5.41, 5.74) is 5.96. The lowest BCUT2D eigenvalue weighted by atomic mass is 10.4. The molecule has 1 aromatic rings. The van der Waals surface area contributed by atoms with Gasteiger partial charge < -0.3 is 15.6 Å². The molecule has 0 spiro atoms. The molecular weight excluding hydrogens is 281 g/mol. The minimum absolute atomic E-state index is 0. The Morgan fingerprint density at radius 3 is 2.87 bits per heavy atom. The summed E-state index contributed by atoms with van der Waals surface area (Å²) in [6.07, 6.45) is 1.89. The highest BCUT2D eigenvalue weighted by Crippen LogP contribution is 2.14. The van der Waals surface area contributed by atoms with Crippen LogP contribution >= 0.6 is 28.3 Å². The normalized spacial score (nSPS) is 9.53. The number of hydrogen-bond donors (Lipinski definition) is 2. The number of aromatic nitrogens is 1. The Bertz CT molecular complexity index is 327. The van der Waals surface area contributed by atoms with Crippen LogP contribution in [0.1, 0.15) is 17.4 Å². The fraction of sp³-hybridized carbons (Fsp3) is 0.444. The van der Waals surface area contributed by atoms with Gasteiger partial charge in [-0.25, -0.2) is 0 Å². The summed E-state index contributed by atoms with van der Waals surface area (Å²) in [5.74, 6) is -0.0806. The molecule has 0 radical (unpaired) electrons. The third-order valence-electron chi connectivity index (χ3n) is 1.87. The first kappa shape index (κ1) is 14.5. The SMILES string of the molecule is CCn1cc(Br)cc1C(=O)NCCN.Cl. The zero-order valence-electron chi connectivity index (χ0n) is 8.50. The van der Waals surface area contributed by atoms with Gasteiger partial charge in [0.05, 0.1) is 0 Å². The predicted molar refractivity (Wildman–Crippen MR) is 66.4 cm³/mol. The Labute approximate surface area is 104 Å². The number of rotatable bonds is 4. The topological polar surface area (TPSA) is 60.0 Å². The summed E-state index contributed by atoms with van der Waals surface area (Å²) < 4.78 is 2.80. The van der Waals surface area contributed by atoms with Crippen LogP contribution in [0.2, 0.25) is 0 Å². The number of carbonyl (C=O) groups excluding carboxylic acids is 1. The molecule has 3 N–H and O–H groups in total. The Balaban J connectivity index is 0.00000196. The van der Waals surface area contributed by atoms with E-state index in [4.69, 9.17) is 5.73 Å². The fourth-order valence-electron chi connectivity index (χ4n) is 1.20. The van der Waals surface area contributed by atoms with Crippen molar-refractivity contribution in [3.05, 3.63) is 22.4 Å². The van der Waals surface area contributed by atoms with E-state index in [-0.39, 0.29) is 18.3 Å². The molecule has 0 atom stereocenters. The van der Waals surface area contributed by atoms with Crippen LogP contribution in [-0.2, 0) is 6.54 Å². The van der Waals surface area contributed by atoms with Crippen molar-refractivity contribution in [1.29, 1.82) is 0 Å². The number of nitrogens with one attached hydrogen (secondary N) is 1. The molecule has 0 unspecified atom stereocenters. The molecular formula is C9H15BrClN3O. The molecule has 1 rings (SSSR count). The first-order valence-electron chi connectivity index (χ1n) is 4.53. The summed E-state index contributed by atoms with van der Waals surface area (Å²) in [6.45, 7) is 3.73. The number of amides is 1. The van der Waals surface area contributed by atoms with Crippen molar-refractivity contribution in [2.75, 3.05) is 13.1 Å². The van der Waals surface area contributed by atoms with Gasteiger partial charge in [0.25, 0.3) is 5.91 Å². The van der Waals surface area contributed by atoms with Gasteiger partial charge in [-0.3, -0.25) is 4.79 Å². The van der Waals surface area contributed by atoms with E-state index < -0.39 is 0 Å². The van der Waals surface area contributed by atoms with Crippen molar-refractivity contribution in [2.45, 2.75) is 13.5 Å². The summed E-state index contributed by atoms with van der Waals surface area (Å²) >= 11 is 3.33.